The first kappa shape index (κ1) is 15.9. The maximum Gasteiger partial charge on any atom is 0.450 e. The van der Waals surface area contributed by atoms with Crippen molar-refractivity contribution in [3.63, 3.8) is 0 Å². The summed E-state index contributed by atoms with van der Waals surface area (Å²) in [5.41, 5.74) is 9.54. The van der Waals surface area contributed by atoms with E-state index >= 15 is 0 Å². The molecule has 4 rings (SSSR count). The Balaban J connectivity index is 1.65. The summed E-state index contributed by atoms with van der Waals surface area (Å²) in [4.78, 5) is 20.9. The number of hydrogen-bond donors (Lipinski definition) is 3. The highest BCUT2D eigenvalue weighted by Gasteiger charge is 2.40. The van der Waals surface area contributed by atoms with Gasteiger partial charge in [0.15, 0.2) is 5.69 Å². The highest BCUT2D eigenvalue weighted by Crippen LogP contribution is 2.36. The minimum atomic E-state index is -0.448. The molecule has 5 N–H and O–H groups in total. The number of urea groups is 1. The van der Waals surface area contributed by atoms with E-state index in [1.807, 2.05) is 54.6 Å². The number of anilines is 2. The number of nitrogens with zero attached hydrogens (tertiary/aromatic N) is 3. The van der Waals surface area contributed by atoms with Crippen LogP contribution in [0.2, 0.25) is 0 Å². The summed E-state index contributed by atoms with van der Waals surface area (Å²) < 4.78 is -0.448. The molecule has 1 aliphatic rings. The molecule has 0 bridgehead atoms. The number of benzene rings is 2. The van der Waals surface area contributed by atoms with Crippen LogP contribution in [0.1, 0.15) is 5.56 Å². The van der Waals surface area contributed by atoms with E-state index in [9.17, 15) is 4.79 Å². The molecule has 2 amide bonds. The minimum absolute atomic E-state index is 0.342. The zero-order chi connectivity index (χ0) is 18.1. The van der Waals surface area contributed by atoms with Gasteiger partial charge in [-0.3, -0.25) is 5.32 Å². The second-order valence-electron chi connectivity index (χ2n) is 5.99. The van der Waals surface area contributed by atoms with Crippen LogP contribution in [0.4, 0.5) is 22.0 Å². The fourth-order valence-electron chi connectivity index (χ4n) is 2.91. The van der Waals surface area contributed by atoms with E-state index in [0.29, 0.717) is 22.9 Å². The molecular weight excluding hydrogens is 328 g/mol. The Hall–Kier alpha value is -3.55. The van der Waals surface area contributed by atoms with Crippen molar-refractivity contribution >= 4 is 29.3 Å². The number of carbonyl (C=O) groups excluding carboxylic acids is 1. The number of amides is 2. The Kier molecular flexibility index (Phi) is 3.72. The first-order valence-corrected chi connectivity index (χ1v) is 8.02. The first-order chi connectivity index (χ1) is 12.6. The topological polar surface area (TPSA) is 107 Å². The van der Waals surface area contributed by atoms with E-state index in [2.05, 4.69) is 15.3 Å². The number of nitrogens with one attached hydrogen (secondary N) is 1. The maximum absolute atomic E-state index is 12.7. The van der Waals surface area contributed by atoms with Crippen LogP contribution in [-0.2, 0) is 0 Å². The van der Waals surface area contributed by atoms with Gasteiger partial charge in [0.05, 0.1) is 5.69 Å². The molecular formula is C19H17N6O+. The van der Waals surface area contributed by atoms with Crippen LogP contribution < -0.4 is 21.5 Å². The van der Waals surface area contributed by atoms with Gasteiger partial charge in [0, 0.05) is 35.0 Å². The standard InChI is InChI=1S/C19H16N6O/c20-18-11-16(22-12-23-18)13-6-7-17-14(10-13)8-9-25(17,21)19(26)24-15-4-2-1-3-5-15/h1-12H,21H2,(H2-,20,22,23,24,26)/p+1. The highest BCUT2D eigenvalue weighted by molar-refractivity contribution is 6.02. The van der Waals surface area contributed by atoms with Gasteiger partial charge < -0.3 is 5.73 Å². The van der Waals surface area contributed by atoms with E-state index in [1.54, 1.807) is 12.3 Å². The molecule has 3 aromatic rings. The number of hydrogen-bond acceptors (Lipinski definition) is 5. The van der Waals surface area contributed by atoms with Gasteiger partial charge >= 0.3 is 6.03 Å². The Morgan fingerprint density at radius 1 is 1.04 bits per heavy atom. The van der Waals surface area contributed by atoms with Crippen molar-refractivity contribution < 1.29 is 4.79 Å². The van der Waals surface area contributed by atoms with E-state index in [0.717, 1.165) is 11.1 Å². The van der Waals surface area contributed by atoms with Crippen LogP contribution in [0, 0.1) is 0 Å². The number of quaternary nitrogens is 1. The Labute approximate surface area is 150 Å². The van der Waals surface area contributed by atoms with Crippen LogP contribution >= 0.6 is 0 Å². The van der Waals surface area contributed by atoms with Crippen molar-refractivity contribution in [2.45, 2.75) is 0 Å². The lowest BCUT2D eigenvalue weighted by molar-refractivity contribution is 0.230. The molecule has 0 spiro atoms. The maximum atomic E-state index is 12.7. The Bertz CT molecular complexity index is 1020. The van der Waals surface area contributed by atoms with Gasteiger partial charge in [-0.25, -0.2) is 14.8 Å². The number of nitrogens with two attached hydrogens (primary N) is 2. The molecule has 0 saturated heterocycles. The molecule has 128 valence electrons. The van der Waals surface area contributed by atoms with Crippen molar-refractivity contribution in [2.75, 3.05) is 11.1 Å². The number of fused-ring (bicyclic) bond motifs is 1. The largest absolute Gasteiger partial charge is 0.450 e. The average Bonchev–Trinajstić information content (AvgIpc) is 3.00. The van der Waals surface area contributed by atoms with Gasteiger partial charge in [-0.05, 0) is 24.3 Å². The lowest BCUT2D eigenvalue weighted by Crippen LogP contribution is -2.56. The highest BCUT2D eigenvalue weighted by atomic mass is 16.2. The van der Waals surface area contributed by atoms with Crippen LogP contribution in [0.15, 0.2) is 67.1 Å². The monoisotopic (exact) mass is 345 g/mol. The van der Waals surface area contributed by atoms with E-state index in [4.69, 9.17) is 11.6 Å². The summed E-state index contributed by atoms with van der Waals surface area (Å²) >= 11 is 0. The smallest absolute Gasteiger partial charge is 0.384 e. The number of para-hydroxylation sites is 1. The predicted molar refractivity (Wildman–Crippen MR) is 102 cm³/mol. The second-order valence-corrected chi connectivity index (χ2v) is 5.99. The minimum Gasteiger partial charge on any atom is -0.384 e. The molecule has 26 heavy (non-hydrogen) atoms. The van der Waals surface area contributed by atoms with Gasteiger partial charge in [-0.1, -0.05) is 18.2 Å². The number of carbonyl (C=O) groups is 1. The Morgan fingerprint density at radius 3 is 2.62 bits per heavy atom. The zero-order valence-corrected chi connectivity index (χ0v) is 13.8. The average molecular weight is 345 g/mol. The lowest BCUT2D eigenvalue weighted by atomic mass is 10.1. The third-order valence-corrected chi connectivity index (χ3v) is 4.26. The number of nitrogen functional groups attached to an aromatic ring is 1. The van der Waals surface area contributed by atoms with E-state index < -0.39 is 4.59 Å². The van der Waals surface area contributed by atoms with Gasteiger partial charge in [0.2, 0.25) is 0 Å². The molecule has 2 aromatic carbocycles. The molecule has 7 heteroatoms. The molecule has 7 nitrogen and oxygen atoms in total. The van der Waals surface area contributed by atoms with Crippen molar-refractivity contribution in [3.05, 3.63) is 72.7 Å². The summed E-state index contributed by atoms with van der Waals surface area (Å²) in [6, 6.07) is 16.2. The fourth-order valence-corrected chi connectivity index (χ4v) is 2.91. The summed E-state index contributed by atoms with van der Waals surface area (Å²) in [5.74, 6) is 6.77. The van der Waals surface area contributed by atoms with E-state index in [-0.39, 0.29) is 6.03 Å². The third-order valence-electron chi connectivity index (χ3n) is 4.26. The van der Waals surface area contributed by atoms with Crippen LogP contribution in [0.5, 0.6) is 0 Å². The second kappa shape index (κ2) is 6.07. The number of aromatic nitrogens is 2. The number of rotatable bonds is 2. The Morgan fingerprint density at radius 2 is 1.85 bits per heavy atom. The van der Waals surface area contributed by atoms with Gasteiger partial charge in [-0.2, -0.15) is 5.84 Å². The zero-order valence-electron chi connectivity index (χ0n) is 13.8. The third kappa shape index (κ3) is 2.71. The molecule has 0 saturated carbocycles. The van der Waals surface area contributed by atoms with Crippen LogP contribution in [0.3, 0.4) is 0 Å². The molecule has 1 aromatic heterocycles. The van der Waals surface area contributed by atoms with Crippen molar-refractivity contribution in [1.82, 2.24) is 14.6 Å². The summed E-state index contributed by atoms with van der Waals surface area (Å²) in [6.45, 7) is 0. The van der Waals surface area contributed by atoms with Crippen molar-refractivity contribution in [2.24, 2.45) is 5.84 Å². The van der Waals surface area contributed by atoms with Crippen molar-refractivity contribution in [3.8, 4) is 11.3 Å². The normalized spacial score (nSPS) is 17.7. The molecule has 0 aliphatic carbocycles. The molecule has 0 fully saturated rings. The quantitative estimate of drug-likeness (QED) is 0.376. The van der Waals surface area contributed by atoms with E-state index in [1.165, 1.54) is 6.33 Å². The van der Waals surface area contributed by atoms with Crippen LogP contribution in [0.25, 0.3) is 17.3 Å². The molecule has 1 unspecified atom stereocenters. The summed E-state index contributed by atoms with van der Waals surface area (Å²) in [6.07, 6.45) is 4.90. The van der Waals surface area contributed by atoms with Gasteiger partial charge in [0.25, 0.3) is 0 Å². The van der Waals surface area contributed by atoms with Gasteiger partial charge in [0.1, 0.15) is 18.3 Å². The summed E-state index contributed by atoms with van der Waals surface area (Å²) in [7, 11) is 0. The van der Waals surface area contributed by atoms with Crippen LogP contribution in [-0.4, -0.2) is 16.0 Å². The predicted octanol–water partition coefficient (Wildman–Crippen LogP) is 3.12. The summed E-state index contributed by atoms with van der Waals surface area (Å²) in [5, 5.41) is 2.84. The first-order valence-electron chi connectivity index (χ1n) is 8.02. The lowest BCUT2D eigenvalue weighted by Gasteiger charge is -2.23. The fraction of sp³-hybridized carbons (Fsp3) is 0. The molecule has 1 aliphatic heterocycles. The molecule has 0 radical (unpaired) electrons. The molecule has 1 atom stereocenters. The van der Waals surface area contributed by atoms with Crippen molar-refractivity contribution in [1.29, 1.82) is 0 Å². The molecule has 2 heterocycles. The van der Waals surface area contributed by atoms with Gasteiger partial charge in [-0.15, -0.1) is 4.59 Å². The SMILES string of the molecule is Nc1cc(-c2ccc3c(c2)C=C[N+]3(N)C(=O)Nc2ccccc2)ncn1.